The molecule has 1 fully saturated rings. The number of nitrogens with zero attached hydrogens (tertiary/aromatic N) is 1. The van der Waals surface area contributed by atoms with Crippen molar-refractivity contribution in [3.8, 4) is 0 Å². The van der Waals surface area contributed by atoms with E-state index in [9.17, 15) is 0 Å². The third kappa shape index (κ3) is 1.89. The van der Waals surface area contributed by atoms with E-state index in [4.69, 9.17) is 17.0 Å². The number of aryl methyl sites for hydroxylation is 1. The quantitative estimate of drug-likeness (QED) is 0.838. The lowest BCUT2D eigenvalue weighted by Gasteiger charge is -2.24. The molecule has 0 bridgehead atoms. The van der Waals surface area contributed by atoms with Crippen LogP contribution in [0.5, 0.6) is 0 Å². The number of hydrogen-bond acceptors (Lipinski definition) is 2. The van der Waals surface area contributed by atoms with Crippen LogP contribution in [0, 0.1) is 11.7 Å². The van der Waals surface area contributed by atoms with Crippen LogP contribution in [0.4, 0.5) is 0 Å². The number of para-hydroxylation sites is 1. The van der Waals surface area contributed by atoms with Gasteiger partial charge in [0, 0.05) is 6.61 Å². The Bertz CT molecular complexity index is 635. The Balaban J connectivity index is 2.11. The average molecular weight is 262 g/mol. The predicted molar refractivity (Wildman–Crippen MR) is 75.5 cm³/mol. The number of fused-ring (bicyclic) bond motifs is 1. The van der Waals surface area contributed by atoms with Gasteiger partial charge in [-0.05, 0) is 50.5 Å². The molecule has 0 radical (unpaired) electrons. The summed E-state index contributed by atoms with van der Waals surface area (Å²) in [4.78, 5) is 3.28. The van der Waals surface area contributed by atoms with E-state index in [1.165, 1.54) is 11.1 Å². The van der Waals surface area contributed by atoms with Crippen LogP contribution in [0.25, 0.3) is 11.0 Å². The van der Waals surface area contributed by atoms with Crippen molar-refractivity contribution in [2.45, 2.75) is 38.8 Å². The van der Waals surface area contributed by atoms with Crippen LogP contribution < -0.4 is 0 Å². The number of rotatable bonds is 2. The van der Waals surface area contributed by atoms with Gasteiger partial charge in [0.05, 0.1) is 23.2 Å². The standard InChI is InChI=1S/C14H18N2OS/c1-10-5-3-6-11-12(10)16(13(18)15-11)9-14(2)7-4-8-17-14/h3,5-6H,4,7-9H2,1-2H3,(H,15,18). The predicted octanol–water partition coefficient (Wildman–Crippen LogP) is 3.58. The minimum Gasteiger partial charge on any atom is -0.373 e. The van der Waals surface area contributed by atoms with Gasteiger partial charge in [0.2, 0.25) is 0 Å². The molecule has 2 aromatic rings. The van der Waals surface area contributed by atoms with Crippen molar-refractivity contribution < 1.29 is 4.74 Å². The molecule has 0 saturated carbocycles. The second kappa shape index (κ2) is 4.21. The molecule has 3 rings (SSSR count). The van der Waals surface area contributed by atoms with Gasteiger partial charge in [0.25, 0.3) is 0 Å². The molecule has 1 aromatic heterocycles. The van der Waals surface area contributed by atoms with E-state index in [0.717, 1.165) is 36.3 Å². The van der Waals surface area contributed by atoms with Crippen LogP contribution in [0.1, 0.15) is 25.3 Å². The highest BCUT2D eigenvalue weighted by atomic mass is 32.1. The van der Waals surface area contributed by atoms with Gasteiger partial charge in [-0.3, -0.25) is 0 Å². The summed E-state index contributed by atoms with van der Waals surface area (Å²) in [5, 5.41) is 0. The fourth-order valence-electron chi connectivity index (χ4n) is 2.85. The van der Waals surface area contributed by atoms with Gasteiger partial charge in [0.1, 0.15) is 0 Å². The number of hydrogen-bond donors (Lipinski definition) is 1. The van der Waals surface area contributed by atoms with E-state index in [1.807, 2.05) is 0 Å². The van der Waals surface area contributed by atoms with Gasteiger partial charge in [0.15, 0.2) is 4.77 Å². The largest absolute Gasteiger partial charge is 0.373 e. The second-order valence-electron chi connectivity index (χ2n) is 5.39. The number of imidazole rings is 1. The summed E-state index contributed by atoms with van der Waals surface area (Å²) in [7, 11) is 0. The Morgan fingerprint density at radius 1 is 1.50 bits per heavy atom. The van der Waals surface area contributed by atoms with Crippen LogP contribution in [-0.2, 0) is 11.3 Å². The smallest absolute Gasteiger partial charge is 0.178 e. The van der Waals surface area contributed by atoms with E-state index >= 15 is 0 Å². The second-order valence-corrected chi connectivity index (χ2v) is 5.78. The average Bonchev–Trinajstić information content (AvgIpc) is 2.86. The molecule has 0 spiro atoms. The van der Waals surface area contributed by atoms with Gasteiger partial charge < -0.3 is 14.3 Å². The summed E-state index contributed by atoms with van der Waals surface area (Å²) >= 11 is 5.45. The minimum absolute atomic E-state index is 0.0738. The first-order valence-corrected chi connectivity index (χ1v) is 6.82. The number of aromatic amines is 1. The fraction of sp³-hybridized carbons (Fsp3) is 0.500. The number of H-pyrrole nitrogens is 1. The van der Waals surface area contributed by atoms with Crippen molar-refractivity contribution in [2.24, 2.45) is 0 Å². The van der Waals surface area contributed by atoms with Crippen LogP contribution in [0.2, 0.25) is 0 Å². The zero-order valence-corrected chi connectivity index (χ0v) is 11.6. The Kier molecular flexibility index (Phi) is 2.79. The van der Waals surface area contributed by atoms with E-state index < -0.39 is 0 Å². The molecule has 1 saturated heterocycles. The Morgan fingerprint density at radius 2 is 2.33 bits per heavy atom. The summed E-state index contributed by atoms with van der Waals surface area (Å²) in [6, 6.07) is 6.26. The Labute approximate surface area is 112 Å². The van der Waals surface area contributed by atoms with Crippen molar-refractivity contribution in [3.05, 3.63) is 28.5 Å². The highest BCUT2D eigenvalue weighted by Gasteiger charge is 2.31. The third-order valence-corrected chi connectivity index (χ3v) is 4.11. The zero-order chi connectivity index (χ0) is 12.8. The molecular formula is C14H18N2OS. The topological polar surface area (TPSA) is 29.9 Å². The van der Waals surface area contributed by atoms with Crippen molar-refractivity contribution in [1.29, 1.82) is 0 Å². The summed E-state index contributed by atoms with van der Waals surface area (Å²) in [5.41, 5.74) is 3.50. The molecule has 0 aliphatic carbocycles. The fourth-order valence-corrected chi connectivity index (χ4v) is 3.12. The van der Waals surface area contributed by atoms with Crippen LogP contribution in [-0.4, -0.2) is 21.8 Å². The number of aromatic nitrogens is 2. The number of benzene rings is 1. The lowest BCUT2D eigenvalue weighted by Crippen LogP contribution is -2.29. The van der Waals surface area contributed by atoms with Crippen molar-refractivity contribution in [1.82, 2.24) is 9.55 Å². The van der Waals surface area contributed by atoms with Crippen molar-refractivity contribution in [2.75, 3.05) is 6.61 Å². The maximum absolute atomic E-state index is 5.88. The van der Waals surface area contributed by atoms with Gasteiger partial charge in [-0.15, -0.1) is 0 Å². The first-order valence-electron chi connectivity index (χ1n) is 6.41. The third-order valence-electron chi connectivity index (χ3n) is 3.79. The van der Waals surface area contributed by atoms with Crippen LogP contribution in [0.15, 0.2) is 18.2 Å². The van der Waals surface area contributed by atoms with Gasteiger partial charge in [-0.25, -0.2) is 0 Å². The maximum atomic E-state index is 5.88. The molecule has 18 heavy (non-hydrogen) atoms. The molecular weight excluding hydrogens is 244 g/mol. The lowest BCUT2D eigenvalue weighted by atomic mass is 10.0. The van der Waals surface area contributed by atoms with Crippen LogP contribution in [0.3, 0.4) is 0 Å². The molecule has 1 aromatic carbocycles. The van der Waals surface area contributed by atoms with Gasteiger partial charge >= 0.3 is 0 Å². The first kappa shape index (κ1) is 11.9. The molecule has 1 atom stereocenters. The normalized spacial score (nSPS) is 23.9. The highest BCUT2D eigenvalue weighted by Crippen LogP contribution is 2.29. The molecule has 3 nitrogen and oxygen atoms in total. The van der Waals surface area contributed by atoms with Gasteiger partial charge in [-0.2, -0.15) is 0 Å². The van der Waals surface area contributed by atoms with Crippen molar-refractivity contribution in [3.63, 3.8) is 0 Å². The molecule has 4 heteroatoms. The molecule has 1 aliphatic heterocycles. The molecule has 96 valence electrons. The Morgan fingerprint density at radius 3 is 3.06 bits per heavy atom. The first-order chi connectivity index (χ1) is 8.59. The minimum atomic E-state index is -0.0738. The summed E-state index contributed by atoms with van der Waals surface area (Å²) < 4.78 is 8.85. The highest BCUT2D eigenvalue weighted by molar-refractivity contribution is 7.71. The summed E-state index contributed by atoms with van der Waals surface area (Å²) in [6.07, 6.45) is 2.25. The molecule has 0 amide bonds. The monoisotopic (exact) mass is 262 g/mol. The SMILES string of the molecule is Cc1cccc2[nH]c(=S)n(CC3(C)CCCO3)c12. The van der Waals surface area contributed by atoms with E-state index in [0.29, 0.717) is 0 Å². The molecule has 1 unspecified atom stereocenters. The molecule has 1 N–H and O–H groups in total. The Hall–Kier alpha value is -1.13. The maximum Gasteiger partial charge on any atom is 0.178 e. The van der Waals surface area contributed by atoms with E-state index in [-0.39, 0.29) is 5.60 Å². The lowest BCUT2D eigenvalue weighted by molar-refractivity contribution is 0.00678. The summed E-state index contributed by atoms with van der Waals surface area (Å²) in [6.45, 7) is 6.00. The van der Waals surface area contributed by atoms with Gasteiger partial charge in [-0.1, -0.05) is 12.1 Å². The molecule has 2 heterocycles. The van der Waals surface area contributed by atoms with Crippen molar-refractivity contribution >= 4 is 23.3 Å². The summed E-state index contributed by atoms with van der Waals surface area (Å²) in [5.74, 6) is 0. The molecule has 1 aliphatic rings. The van der Waals surface area contributed by atoms with Crippen LogP contribution >= 0.6 is 12.2 Å². The zero-order valence-electron chi connectivity index (χ0n) is 10.8. The number of nitrogens with one attached hydrogen (secondary N) is 1. The van der Waals surface area contributed by atoms with E-state index in [1.54, 1.807) is 0 Å². The van der Waals surface area contributed by atoms with E-state index in [2.05, 4.69) is 41.6 Å². The number of ether oxygens (including phenoxy) is 1.